The average Bonchev–Trinajstić information content (AvgIpc) is 2.95. The Hall–Kier alpha value is -1.50. The van der Waals surface area contributed by atoms with Gasteiger partial charge in [0.2, 0.25) is 5.91 Å². The Kier molecular flexibility index (Phi) is 4.37. The number of hydrogen-bond donors (Lipinski definition) is 2. The second-order valence-electron chi connectivity index (χ2n) is 5.14. The Morgan fingerprint density at radius 1 is 1.55 bits per heavy atom. The van der Waals surface area contributed by atoms with E-state index in [1.54, 1.807) is 16.4 Å². The first kappa shape index (κ1) is 14.9. The second kappa shape index (κ2) is 5.87. The van der Waals surface area contributed by atoms with Crippen LogP contribution in [0.4, 0.5) is 0 Å². The van der Waals surface area contributed by atoms with E-state index >= 15 is 0 Å². The van der Waals surface area contributed by atoms with Crippen molar-refractivity contribution in [3.05, 3.63) is 17.5 Å². The molecule has 0 spiro atoms. The molecule has 0 aliphatic carbocycles. The summed E-state index contributed by atoms with van der Waals surface area (Å²) < 4.78 is 1.77. The normalized spacial score (nSPS) is 21.9. The van der Waals surface area contributed by atoms with E-state index in [0.29, 0.717) is 18.7 Å². The molecule has 1 saturated heterocycles. The van der Waals surface area contributed by atoms with Crippen molar-refractivity contribution in [2.45, 2.75) is 38.8 Å². The minimum absolute atomic E-state index is 0.234. The molecule has 0 radical (unpaired) electrons. The molecular formula is C13H19N3O3S. The summed E-state index contributed by atoms with van der Waals surface area (Å²) in [4.78, 5) is 23.3. The average molecular weight is 297 g/mol. The molecule has 2 N–H and O–H groups in total. The smallest absolute Gasteiger partial charge is 0.330 e. The number of carboxylic acid groups (broad SMARTS) is 1. The minimum atomic E-state index is -1.09. The SMILES string of the molecule is Cc1cc(C)n(CCC(=O)NC2(C(=O)O)CCSC2)n1. The van der Waals surface area contributed by atoms with Gasteiger partial charge in [0.15, 0.2) is 0 Å². The van der Waals surface area contributed by atoms with Gasteiger partial charge in [0, 0.05) is 24.4 Å². The molecule has 1 aliphatic heterocycles. The molecule has 2 rings (SSSR count). The van der Waals surface area contributed by atoms with Gasteiger partial charge in [-0.05, 0) is 32.1 Å². The van der Waals surface area contributed by atoms with Gasteiger partial charge in [-0.2, -0.15) is 16.9 Å². The Bertz CT molecular complexity index is 521. The third-order valence-corrected chi connectivity index (χ3v) is 4.65. The van der Waals surface area contributed by atoms with E-state index in [-0.39, 0.29) is 12.3 Å². The third kappa shape index (κ3) is 3.15. The van der Waals surface area contributed by atoms with Crippen molar-refractivity contribution in [1.29, 1.82) is 0 Å². The number of hydrogen-bond acceptors (Lipinski definition) is 4. The number of nitrogens with one attached hydrogen (secondary N) is 1. The largest absolute Gasteiger partial charge is 0.479 e. The van der Waals surface area contributed by atoms with Gasteiger partial charge in [0.05, 0.1) is 5.69 Å². The summed E-state index contributed by atoms with van der Waals surface area (Å²) in [5.41, 5.74) is 0.827. The van der Waals surface area contributed by atoms with Crippen molar-refractivity contribution in [2.75, 3.05) is 11.5 Å². The third-order valence-electron chi connectivity index (χ3n) is 3.46. The molecule has 1 aromatic heterocycles. The topological polar surface area (TPSA) is 84.2 Å². The van der Waals surface area contributed by atoms with Crippen LogP contribution >= 0.6 is 11.8 Å². The molecule has 1 fully saturated rings. The maximum absolute atomic E-state index is 12.0. The zero-order chi connectivity index (χ0) is 14.8. The quantitative estimate of drug-likeness (QED) is 0.846. The lowest BCUT2D eigenvalue weighted by Crippen LogP contribution is -2.54. The molecule has 1 atom stereocenters. The van der Waals surface area contributed by atoms with Crippen LogP contribution in [0.1, 0.15) is 24.2 Å². The number of aromatic nitrogens is 2. The molecule has 0 saturated carbocycles. The molecule has 20 heavy (non-hydrogen) atoms. The van der Waals surface area contributed by atoms with Gasteiger partial charge in [-0.3, -0.25) is 9.48 Å². The molecule has 6 nitrogen and oxygen atoms in total. The standard InChI is InChI=1S/C13H19N3O3S/c1-9-7-10(2)16(15-9)5-3-11(17)14-13(12(18)19)4-6-20-8-13/h7H,3-6,8H2,1-2H3,(H,14,17)(H,18,19). The molecular weight excluding hydrogens is 278 g/mol. The lowest BCUT2D eigenvalue weighted by atomic mass is 9.99. The maximum Gasteiger partial charge on any atom is 0.330 e. The van der Waals surface area contributed by atoms with E-state index in [1.165, 1.54) is 0 Å². The zero-order valence-corrected chi connectivity index (χ0v) is 12.5. The number of nitrogens with zero attached hydrogens (tertiary/aromatic N) is 2. The van der Waals surface area contributed by atoms with Crippen LogP contribution in [0.3, 0.4) is 0 Å². The van der Waals surface area contributed by atoms with Crippen molar-refractivity contribution in [2.24, 2.45) is 0 Å². The Morgan fingerprint density at radius 2 is 2.30 bits per heavy atom. The Labute approximate surface area is 121 Å². The molecule has 110 valence electrons. The molecule has 1 aromatic rings. The number of aliphatic carboxylic acids is 1. The molecule has 0 bridgehead atoms. The highest BCUT2D eigenvalue weighted by molar-refractivity contribution is 7.99. The number of rotatable bonds is 5. The van der Waals surface area contributed by atoms with Crippen LogP contribution in [0.5, 0.6) is 0 Å². The van der Waals surface area contributed by atoms with Gasteiger partial charge >= 0.3 is 5.97 Å². The maximum atomic E-state index is 12.0. The predicted octanol–water partition coefficient (Wildman–Crippen LogP) is 0.967. The van der Waals surface area contributed by atoms with E-state index in [0.717, 1.165) is 17.1 Å². The first-order chi connectivity index (χ1) is 9.43. The van der Waals surface area contributed by atoms with E-state index in [9.17, 15) is 14.7 Å². The monoisotopic (exact) mass is 297 g/mol. The van der Waals surface area contributed by atoms with Gasteiger partial charge in [-0.1, -0.05) is 0 Å². The fourth-order valence-corrected chi connectivity index (χ4v) is 3.65. The van der Waals surface area contributed by atoms with Crippen LogP contribution in [0.25, 0.3) is 0 Å². The van der Waals surface area contributed by atoms with Crippen LogP contribution < -0.4 is 5.32 Å². The highest BCUT2D eigenvalue weighted by Gasteiger charge is 2.43. The number of carbonyl (C=O) groups excluding carboxylic acids is 1. The van der Waals surface area contributed by atoms with Crippen molar-refractivity contribution >= 4 is 23.6 Å². The Balaban J connectivity index is 1.92. The number of aryl methyl sites for hydroxylation is 3. The summed E-state index contributed by atoms with van der Waals surface area (Å²) in [6, 6.07) is 1.95. The summed E-state index contributed by atoms with van der Waals surface area (Å²) in [5.74, 6) is 0.0299. The van der Waals surface area contributed by atoms with Crippen LogP contribution in [0.2, 0.25) is 0 Å². The first-order valence-electron chi connectivity index (χ1n) is 6.56. The summed E-state index contributed by atoms with van der Waals surface area (Å²) in [7, 11) is 0. The fourth-order valence-electron chi connectivity index (χ4n) is 2.32. The predicted molar refractivity (Wildman–Crippen MR) is 76.8 cm³/mol. The van der Waals surface area contributed by atoms with Crippen molar-refractivity contribution < 1.29 is 14.7 Å². The summed E-state index contributed by atoms with van der Waals surface area (Å²) in [5, 5.41) is 16.3. The second-order valence-corrected chi connectivity index (χ2v) is 6.24. The Morgan fingerprint density at radius 3 is 2.80 bits per heavy atom. The first-order valence-corrected chi connectivity index (χ1v) is 7.72. The van der Waals surface area contributed by atoms with Gasteiger partial charge in [0.1, 0.15) is 5.54 Å². The molecule has 1 amide bonds. The van der Waals surface area contributed by atoms with Crippen molar-refractivity contribution in [1.82, 2.24) is 15.1 Å². The van der Waals surface area contributed by atoms with Gasteiger partial charge in [-0.25, -0.2) is 4.79 Å². The molecule has 0 aromatic carbocycles. The van der Waals surface area contributed by atoms with Crippen LogP contribution in [-0.4, -0.2) is 43.8 Å². The van der Waals surface area contributed by atoms with Crippen molar-refractivity contribution in [3.8, 4) is 0 Å². The van der Waals surface area contributed by atoms with E-state index in [4.69, 9.17) is 0 Å². The van der Waals surface area contributed by atoms with E-state index in [1.807, 2.05) is 19.9 Å². The molecule has 2 heterocycles. The van der Waals surface area contributed by atoms with Gasteiger partial charge in [0.25, 0.3) is 0 Å². The van der Waals surface area contributed by atoms with E-state index in [2.05, 4.69) is 10.4 Å². The number of carbonyl (C=O) groups is 2. The fraction of sp³-hybridized carbons (Fsp3) is 0.615. The van der Waals surface area contributed by atoms with E-state index < -0.39 is 11.5 Å². The highest BCUT2D eigenvalue weighted by Crippen LogP contribution is 2.28. The molecule has 7 heteroatoms. The minimum Gasteiger partial charge on any atom is -0.479 e. The number of amides is 1. The summed E-state index contributed by atoms with van der Waals surface area (Å²) in [6.07, 6.45) is 0.723. The zero-order valence-electron chi connectivity index (χ0n) is 11.7. The van der Waals surface area contributed by atoms with Gasteiger partial charge < -0.3 is 10.4 Å². The number of carboxylic acids is 1. The summed E-state index contributed by atoms with van der Waals surface area (Å²) >= 11 is 1.56. The highest BCUT2D eigenvalue weighted by atomic mass is 32.2. The molecule has 1 unspecified atom stereocenters. The lowest BCUT2D eigenvalue weighted by molar-refractivity contribution is -0.146. The summed E-state index contributed by atoms with van der Waals surface area (Å²) in [6.45, 7) is 4.30. The van der Waals surface area contributed by atoms with Gasteiger partial charge in [-0.15, -0.1) is 0 Å². The number of thioether (sulfide) groups is 1. The van der Waals surface area contributed by atoms with Crippen LogP contribution in [-0.2, 0) is 16.1 Å². The van der Waals surface area contributed by atoms with Crippen LogP contribution in [0.15, 0.2) is 6.07 Å². The molecule has 1 aliphatic rings. The van der Waals surface area contributed by atoms with Crippen LogP contribution in [0, 0.1) is 13.8 Å². The van der Waals surface area contributed by atoms with Crippen molar-refractivity contribution in [3.63, 3.8) is 0 Å². The lowest BCUT2D eigenvalue weighted by Gasteiger charge is -2.24.